The van der Waals surface area contributed by atoms with E-state index >= 15 is 0 Å². The highest BCUT2D eigenvalue weighted by atomic mass is 19.1. The average molecular weight is 376 g/mol. The first-order valence-electron chi connectivity index (χ1n) is 8.75. The van der Waals surface area contributed by atoms with E-state index in [1.165, 1.54) is 31.3 Å². The quantitative estimate of drug-likeness (QED) is 0.613. The second-order valence-electron chi connectivity index (χ2n) is 6.46. The van der Waals surface area contributed by atoms with Gasteiger partial charge in [0.15, 0.2) is 11.5 Å². The highest BCUT2D eigenvalue weighted by Gasteiger charge is 2.26. The van der Waals surface area contributed by atoms with Crippen molar-refractivity contribution in [2.75, 3.05) is 45.3 Å². The summed E-state index contributed by atoms with van der Waals surface area (Å²) in [6, 6.07) is 9.82. The van der Waals surface area contributed by atoms with E-state index in [1.807, 2.05) is 11.0 Å². The van der Waals surface area contributed by atoms with E-state index in [9.17, 15) is 14.5 Å². The first-order chi connectivity index (χ1) is 13.0. The van der Waals surface area contributed by atoms with Crippen molar-refractivity contribution < 1.29 is 23.7 Å². The van der Waals surface area contributed by atoms with Crippen LogP contribution >= 0.6 is 0 Å². The number of piperazine rings is 1. The van der Waals surface area contributed by atoms with Gasteiger partial charge >= 0.3 is 0 Å². The topological polar surface area (TPSA) is 69.3 Å². The van der Waals surface area contributed by atoms with E-state index in [4.69, 9.17) is 9.47 Å². The summed E-state index contributed by atoms with van der Waals surface area (Å²) >= 11 is 0. The van der Waals surface area contributed by atoms with Crippen LogP contribution in [0.2, 0.25) is 0 Å². The Balaban J connectivity index is 1.73. The standard InChI is InChI=1S/C19H22FN3O4/c1-26-18-11-14(17(23(24)25)12-19(18)27-2)13-21-7-9-22(10-8-21)16-6-4-3-5-15(16)20/h3-6,11-12H,7-10,13H2,1-2H3/p+1. The number of hydrogen-bond donors (Lipinski definition) is 1. The number of nitrogens with zero attached hydrogens (tertiary/aromatic N) is 2. The number of nitro groups is 1. The number of quaternary nitrogens is 1. The summed E-state index contributed by atoms with van der Waals surface area (Å²) in [5, 5.41) is 11.5. The molecule has 0 atom stereocenters. The SMILES string of the molecule is COc1cc(C[NH+]2CCN(c3ccccc3F)CC2)c([N+](=O)[O-])cc1OC. The molecule has 0 aliphatic carbocycles. The first kappa shape index (κ1) is 18.9. The van der Waals surface area contributed by atoms with Gasteiger partial charge < -0.3 is 19.3 Å². The summed E-state index contributed by atoms with van der Waals surface area (Å²) in [4.78, 5) is 14.3. The van der Waals surface area contributed by atoms with Gasteiger partial charge in [0, 0.05) is 0 Å². The normalized spacial score (nSPS) is 14.9. The van der Waals surface area contributed by atoms with E-state index in [0.717, 1.165) is 13.1 Å². The van der Waals surface area contributed by atoms with Gasteiger partial charge in [-0.2, -0.15) is 0 Å². The number of halogens is 1. The predicted molar refractivity (Wildman–Crippen MR) is 99.2 cm³/mol. The first-order valence-corrected chi connectivity index (χ1v) is 8.75. The number of nitro benzene ring substituents is 1. The molecule has 1 heterocycles. The Morgan fingerprint density at radius 2 is 1.78 bits per heavy atom. The van der Waals surface area contributed by atoms with E-state index in [-0.39, 0.29) is 11.5 Å². The zero-order valence-corrected chi connectivity index (χ0v) is 15.4. The highest BCUT2D eigenvalue weighted by molar-refractivity contribution is 5.54. The molecule has 0 aromatic heterocycles. The van der Waals surface area contributed by atoms with Crippen LogP contribution < -0.4 is 19.3 Å². The number of benzene rings is 2. The van der Waals surface area contributed by atoms with E-state index < -0.39 is 4.92 Å². The lowest BCUT2D eigenvalue weighted by Gasteiger charge is -2.33. The number of rotatable bonds is 6. The van der Waals surface area contributed by atoms with Crippen LogP contribution in [0.3, 0.4) is 0 Å². The molecule has 0 amide bonds. The van der Waals surface area contributed by atoms with Gasteiger partial charge in [0.25, 0.3) is 5.69 Å². The molecule has 0 bridgehead atoms. The number of nitrogens with one attached hydrogen (secondary N) is 1. The van der Waals surface area contributed by atoms with Crippen LogP contribution in [0.4, 0.5) is 15.8 Å². The van der Waals surface area contributed by atoms with Crippen molar-refractivity contribution in [2.24, 2.45) is 0 Å². The monoisotopic (exact) mass is 376 g/mol. The third-order valence-electron chi connectivity index (χ3n) is 4.89. The number of ether oxygens (including phenoxy) is 2. The van der Waals surface area contributed by atoms with E-state index in [1.54, 1.807) is 18.2 Å². The fourth-order valence-electron chi connectivity index (χ4n) is 3.44. The predicted octanol–water partition coefficient (Wildman–Crippen LogP) is 1.66. The lowest BCUT2D eigenvalue weighted by Crippen LogP contribution is -3.13. The molecule has 1 fully saturated rings. The number of anilines is 1. The van der Waals surface area contributed by atoms with Gasteiger partial charge in [0.1, 0.15) is 12.4 Å². The molecule has 1 aliphatic heterocycles. The van der Waals surface area contributed by atoms with Gasteiger partial charge in [-0.05, 0) is 18.2 Å². The van der Waals surface area contributed by atoms with Crippen molar-refractivity contribution in [2.45, 2.75) is 6.54 Å². The molecule has 2 aromatic carbocycles. The molecule has 1 saturated heterocycles. The summed E-state index contributed by atoms with van der Waals surface area (Å²) in [6.45, 7) is 3.41. The van der Waals surface area contributed by atoms with Crippen LogP contribution in [0.25, 0.3) is 0 Å². The minimum Gasteiger partial charge on any atom is -0.493 e. The molecule has 1 aliphatic rings. The number of para-hydroxylation sites is 1. The van der Waals surface area contributed by atoms with E-state index in [0.29, 0.717) is 42.4 Å². The van der Waals surface area contributed by atoms with Crippen molar-refractivity contribution in [1.29, 1.82) is 0 Å². The lowest BCUT2D eigenvalue weighted by molar-refractivity contribution is -0.914. The van der Waals surface area contributed by atoms with Gasteiger partial charge in [0.05, 0.1) is 62.6 Å². The molecule has 7 nitrogen and oxygen atoms in total. The van der Waals surface area contributed by atoms with Crippen molar-refractivity contribution in [3.8, 4) is 11.5 Å². The Bertz CT molecular complexity index is 823. The van der Waals surface area contributed by atoms with Gasteiger partial charge in [0.2, 0.25) is 0 Å². The van der Waals surface area contributed by atoms with Crippen molar-refractivity contribution >= 4 is 11.4 Å². The fourth-order valence-corrected chi connectivity index (χ4v) is 3.44. The fraction of sp³-hybridized carbons (Fsp3) is 0.368. The summed E-state index contributed by atoms with van der Waals surface area (Å²) in [5.41, 5.74) is 1.23. The summed E-state index contributed by atoms with van der Waals surface area (Å²) in [5.74, 6) is 0.589. The zero-order valence-electron chi connectivity index (χ0n) is 15.4. The van der Waals surface area contributed by atoms with Crippen LogP contribution in [0.15, 0.2) is 36.4 Å². The molecule has 144 valence electrons. The average Bonchev–Trinajstić information content (AvgIpc) is 2.68. The minimum atomic E-state index is -0.396. The molecular formula is C19H23FN3O4+. The van der Waals surface area contributed by atoms with Crippen molar-refractivity contribution in [3.63, 3.8) is 0 Å². The van der Waals surface area contributed by atoms with Gasteiger partial charge in [-0.15, -0.1) is 0 Å². The van der Waals surface area contributed by atoms with Crippen molar-refractivity contribution in [1.82, 2.24) is 0 Å². The molecule has 27 heavy (non-hydrogen) atoms. The molecule has 0 unspecified atom stereocenters. The van der Waals surface area contributed by atoms with Crippen LogP contribution in [-0.2, 0) is 6.54 Å². The molecule has 0 spiro atoms. The Labute approximate surface area is 157 Å². The van der Waals surface area contributed by atoms with Crippen LogP contribution in [0.5, 0.6) is 11.5 Å². The Morgan fingerprint density at radius 1 is 1.15 bits per heavy atom. The third-order valence-corrected chi connectivity index (χ3v) is 4.89. The lowest BCUT2D eigenvalue weighted by atomic mass is 10.1. The van der Waals surface area contributed by atoms with E-state index in [2.05, 4.69) is 0 Å². The Hall–Kier alpha value is -2.87. The molecular weight excluding hydrogens is 353 g/mol. The third kappa shape index (κ3) is 4.11. The Kier molecular flexibility index (Phi) is 5.75. The second-order valence-corrected chi connectivity index (χ2v) is 6.46. The molecule has 2 aromatic rings. The molecule has 0 saturated carbocycles. The largest absolute Gasteiger partial charge is 0.493 e. The molecule has 0 radical (unpaired) electrons. The Morgan fingerprint density at radius 3 is 2.37 bits per heavy atom. The minimum absolute atomic E-state index is 0.0247. The van der Waals surface area contributed by atoms with Crippen LogP contribution in [0.1, 0.15) is 5.56 Å². The summed E-state index contributed by atoms with van der Waals surface area (Å²) in [6.07, 6.45) is 0. The van der Waals surface area contributed by atoms with Gasteiger partial charge in [-0.1, -0.05) is 12.1 Å². The van der Waals surface area contributed by atoms with Crippen LogP contribution in [0, 0.1) is 15.9 Å². The van der Waals surface area contributed by atoms with Gasteiger partial charge in [-0.25, -0.2) is 4.39 Å². The molecule has 1 N–H and O–H groups in total. The number of methoxy groups -OCH3 is 2. The maximum atomic E-state index is 14.0. The summed E-state index contributed by atoms with van der Waals surface area (Å²) in [7, 11) is 2.96. The smallest absolute Gasteiger partial charge is 0.282 e. The summed E-state index contributed by atoms with van der Waals surface area (Å²) < 4.78 is 24.4. The van der Waals surface area contributed by atoms with Crippen molar-refractivity contribution in [3.05, 3.63) is 57.9 Å². The maximum Gasteiger partial charge on any atom is 0.282 e. The molecule has 8 heteroatoms. The zero-order chi connectivity index (χ0) is 19.4. The second kappa shape index (κ2) is 8.22. The van der Waals surface area contributed by atoms with Gasteiger partial charge in [-0.3, -0.25) is 10.1 Å². The van der Waals surface area contributed by atoms with Crippen LogP contribution in [-0.4, -0.2) is 45.3 Å². The number of hydrogen-bond acceptors (Lipinski definition) is 5. The highest BCUT2D eigenvalue weighted by Crippen LogP contribution is 2.34. The maximum absolute atomic E-state index is 14.0. The molecule has 3 rings (SSSR count).